The number of sulfonamides is 1. The predicted octanol–water partition coefficient (Wildman–Crippen LogP) is 4.75. The van der Waals surface area contributed by atoms with E-state index in [1.807, 2.05) is 49.4 Å². The van der Waals surface area contributed by atoms with E-state index >= 15 is 0 Å². The summed E-state index contributed by atoms with van der Waals surface area (Å²) in [7, 11) is -1.66. The highest BCUT2D eigenvalue weighted by molar-refractivity contribution is 14.1. The maximum absolute atomic E-state index is 13.2. The first kappa shape index (κ1) is 29.6. The van der Waals surface area contributed by atoms with Crippen LogP contribution in [0.15, 0.2) is 65.6 Å². The van der Waals surface area contributed by atoms with E-state index in [0.717, 1.165) is 46.2 Å². The monoisotopic (exact) mass is 680 g/mol. The van der Waals surface area contributed by atoms with Gasteiger partial charge in [-0.2, -0.15) is 13.5 Å². The number of ether oxygens (including phenoxy) is 1. The normalized spacial score (nSPS) is 15.2. The lowest BCUT2D eigenvalue weighted by Gasteiger charge is -2.34. The van der Waals surface area contributed by atoms with Crippen molar-refractivity contribution in [2.45, 2.75) is 31.3 Å². The van der Waals surface area contributed by atoms with Crippen LogP contribution in [0.5, 0.6) is 11.8 Å². The number of hydrogen-bond acceptors (Lipinski definition) is 7. The third-order valence-corrected chi connectivity index (χ3v) is 9.26. The summed E-state index contributed by atoms with van der Waals surface area (Å²) in [6, 6.07) is 18.6. The number of halogens is 1. The first-order valence-electron chi connectivity index (χ1n) is 12.6. The highest BCUT2D eigenvalue weighted by Crippen LogP contribution is 2.28. The van der Waals surface area contributed by atoms with Crippen molar-refractivity contribution in [3.8, 4) is 11.8 Å². The topological polar surface area (TPSA) is 92.6 Å². The zero-order valence-corrected chi connectivity index (χ0v) is 26.1. The number of hydrogen-bond donors (Lipinski definition) is 1. The number of nitrogens with zero attached hydrogens (tertiary/aromatic N) is 5. The molecule has 9 nitrogen and oxygen atoms in total. The fourth-order valence-corrected chi connectivity index (χ4v) is 6.58. The highest BCUT2D eigenvalue weighted by Gasteiger charge is 2.25. The molecule has 208 valence electrons. The molecule has 2 heterocycles. The molecule has 1 fully saturated rings. The Morgan fingerprint density at radius 2 is 1.77 bits per heavy atom. The standard InChI is InChI=1S/C27H31IN6O3S.H2S/c1-4-34-26(19(2)31-38(35,36)23-11-12-24-20(17-23)7-5-10-25(24)28)29-30-27(34)37-22-9-6-8-21(18-22)33-15-13-32(3)14-16-33;/h5-12,17-19,31H,4,13-16H2,1-3H3;1H2/t19-;/m1./s1. The number of rotatable bonds is 8. The lowest BCUT2D eigenvalue weighted by molar-refractivity contribution is 0.312. The first-order valence-corrected chi connectivity index (χ1v) is 15.2. The first-order chi connectivity index (χ1) is 18.2. The van der Waals surface area contributed by atoms with Crippen molar-refractivity contribution in [1.82, 2.24) is 24.4 Å². The number of fused-ring (bicyclic) bond motifs is 1. The quantitative estimate of drug-likeness (QED) is 0.269. The molecule has 0 bridgehead atoms. The van der Waals surface area contributed by atoms with Crippen LogP contribution >= 0.6 is 36.1 Å². The van der Waals surface area contributed by atoms with Crippen LogP contribution in [0.1, 0.15) is 25.7 Å². The second-order valence-electron chi connectivity index (χ2n) is 9.44. The van der Waals surface area contributed by atoms with Gasteiger partial charge in [-0.3, -0.25) is 4.57 Å². The summed E-state index contributed by atoms with van der Waals surface area (Å²) in [5.41, 5.74) is 1.10. The van der Waals surface area contributed by atoms with Crippen molar-refractivity contribution in [2.75, 3.05) is 38.1 Å². The zero-order chi connectivity index (χ0) is 26.9. The Morgan fingerprint density at radius 3 is 2.51 bits per heavy atom. The molecule has 0 spiro atoms. The largest absolute Gasteiger partial charge is 0.424 e. The smallest absolute Gasteiger partial charge is 0.322 e. The molecule has 1 aromatic heterocycles. The third-order valence-electron chi connectivity index (χ3n) is 6.79. The van der Waals surface area contributed by atoms with E-state index < -0.39 is 16.1 Å². The van der Waals surface area contributed by atoms with E-state index in [2.05, 4.69) is 60.4 Å². The molecular weight excluding hydrogens is 647 g/mol. The van der Waals surface area contributed by atoms with Gasteiger partial charge in [0.1, 0.15) is 5.75 Å². The van der Waals surface area contributed by atoms with Gasteiger partial charge in [0.25, 0.3) is 0 Å². The SMILES string of the molecule is CCn1c(Oc2cccc(N3CCN(C)CC3)c2)nnc1[C@@H](C)NS(=O)(=O)c1ccc2c(I)cccc2c1.S. The molecule has 0 unspecified atom stereocenters. The zero-order valence-electron chi connectivity index (χ0n) is 22.1. The van der Waals surface area contributed by atoms with Gasteiger partial charge in [0.15, 0.2) is 5.82 Å². The number of piperazine rings is 1. The van der Waals surface area contributed by atoms with Crippen molar-refractivity contribution in [2.24, 2.45) is 0 Å². The van der Waals surface area contributed by atoms with Crippen molar-refractivity contribution in [1.29, 1.82) is 0 Å². The van der Waals surface area contributed by atoms with Crippen LogP contribution in [-0.2, 0) is 16.6 Å². The Labute approximate surface area is 250 Å². The fourth-order valence-electron chi connectivity index (χ4n) is 4.65. The van der Waals surface area contributed by atoms with Gasteiger partial charge in [0.05, 0.1) is 10.9 Å². The lowest BCUT2D eigenvalue weighted by Crippen LogP contribution is -2.44. The summed E-state index contributed by atoms with van der Waals surface area (Å²) in [5.74, 6) is 1.14. The minimum atomic E-state index is -3.79. The molecule has 0 saturated carbocycles. The molecule has 1 aliphatic rings. The molecule has 5 rings (SSSR count). The number of benzene rings is 3. The van der Waals surface area contributed by atoms with Gasteiger partial charge in [0.2, 0.25) is 10.0 Å². The van der Waals surface area contributed by atoms with Gasteiger partial charge in [-0.05, 0) is 84.6 Å². The van der Waals surface area contributed by atoms with Crippen molar-refractivity contribution in [3.63, 3.8) is 0 Å². The van der Waals surface area contributed by atoms with Crippen LogP contribution in [0.2, 0.25) is 0 Å². The summed E-state index contributed by atoms with van der Waals surface area (Å²) in [4.78, 5) is 4.87. The molecule has 1 atom stereocenters. The van der Waals surface area contributed by atoms with Crippen LogP contribution < -0.4 is 14.4 Å². The summed E-state index contributed by atoms with van der Waals surface area (Å²) in [6.07, 6.45) is 0. The molecule has 4 aromatic rings. The molecule has 1 N–H and O–H groups in total. The molecule has 1 saturated heterocycles. The van der Waals surface area contributed by atoms with E-state index in [9.17, 15) is 8.42 Å². The number of likely N-dealkylation sites (N-methyl/N-ethyl adjacent to an activating group) is 1. The average Bonchev–Trinajstić information content (AvgIpc) is 3.31. The van der Waals surface area contributed by atoms with E-state index in [4.69, 9.17) is 4.74 Å². The second kappa shape index (κ2) is 12.4. The molecule has 39 heavy (non-hydrogen) atoms. The Hall–Kier alpha value is -2.39. The van der Waals surface area contributed by atoms with E-state index in [-0.39, 0.29) is 18.4 Å². The van der Waals surface area contributed by atoms with Crippen LogP contribution in [-0.4, -0.2) is 61.3 Å². The van der Waals surface area contributed by atoms with Crippen molar-refractivity contribution in [3.05, 3.63) is 70.1 Å². The van der Waals surface area contributed by atoms with Crippen molar-refractivity contribution < 1.29 is 13.2 Å². The van der Waals surface area contributed by atoms with Gasteiger partial charge in [-0.15, -0.1) is 5.10 Å². The molecule has 0 aliphatic carbocycles. The third kappa shape index (κ3) is 6.51. The Bertz CT molecular complexity index is 1550. The average molecular weight is 681 g/mol. The van der Waals surface area contributed by atoms with E-state index in [1.54, 1.807) is 23.6 Å². The molecule has 0 radical (unpaired) electrons. The van der Waals surface area contributed by atoms with Crippen LogP contribution in [0.25, 0.3) is 10.8 Å². The van der Waals surface area contributed by atoms with Gasteiger partial charge >= 0.3 is 6.01 Å². The van der Waals surface area contributed by atoms with Crippen molar-refractivity contribution >= 4 is 62.6 Å². The fraction of sp³-hybridized carbons (Fsp3) is 0.333. The van der Waals surface area contributed by atoms with Crippen LogP contribution in [0, 0.1) is 3.57 Å². The number of anilines is 1. The minimum Gasteiger partial charge on any atom is -0.424 e. The maximum atomic E-state index is 13.2. The van der Waals surface area contributed by atoms with Gasteiger partial charge in [-0.25, -0.2) is 13.1 Å². The van der Waals surface area contributed by atoms with Gasteiger partial charge < -0.3 is 14.5 Å². The summed E-state index contributed by atoms with van der Waals surface area (Å²) >= 11 is 2.25. The summed E-state index contributed by atoms with van der Waals surface area (Å²) in [5, 5.41) is 10.4. The lowest BCUT2D eigenvalue weighted by atomic mass is 10.1. The Morgan fingerprint density at radius 1 is 1.03 bits per heavy atom. The summed E-state index contributed by atoms with van der Waals surface area (Å²) in [6.45, 7) is 8.20. The van der Waals surface area contributed by atoms with Crippen LogP contribution in [0.4, 0.5) is 5.69 Å². The molecule has 3 aromatic carbocycles. The molecule has 0 amide bonds. The maximum Gasteiger partial charge on any atom is 0.322 e. The van der Waals surface area contributed by atoms with Crippen LogP contribution in [0.3, 0.4) is 0 Å². The molecule has 12 heteroatoms. The molecular formula is C27H33IN6O3S2. The Balaban J connectivity index is 0.00000353. The predicted molar refractivity (Wildman–Crippen MR) is 168 cm³/mol. The minimum absolute atomic E-state index is 0. The van der Waals surface area contributed by atoms with E-state index in [0.29, 0.717) is 24.1 Å². The molecule has 1 aliphatic heterocycles. The van der Waals surface area contributed by atoms with Gasteiger partial charge in [0, 0.05) is 48.0 Å². The van der Waals surface area contributed by atoms with E-state index in [1.165, 1.54) is 0 Å². The summed E-state index contributed by atoms with van der Waals surface area (Å²) < 4.78 is 38.2. The number of aromatic nitrogens is 3. The highest BCUT2D eigenvalue weighted by atomic mass is 127. The number of nitrogens with one attached hydrogen (secondary N) is 1. The van der Waals surface area contributed by atoms with Gasteiger partial charge in [-0.1, -0.05) is 29.4 Å². The second-order valence-corrected chi connectivity index (χ2v) is 12.3. The Kier molecular flexibility index (Phi) is 9.42.